The van der Waals surface area contributed by atoms with Gasteiger partial charge in [-0.25, -0.2) is 0 Å². The Morgan fingerprint density at radius 1 is 1.44 bits per heavy atom. The highest BCUT2D eigenvalue weighted by atomic mass is 16.4. The maximum atomic E-state index is 11.0. The van der Waals surface area contributed by atoms with Gasteiger partial charge in [-0.15, -0.1) is 0 Å². The standard InChI is InChI=1S/C11H20N2O3/c1-8(6-11(15)16)13(7-10(12)14)9-4-2-3-5-9/h8-9H,2-7H2,1H3,(H2,12,14)(H,15,16). The molecule has 0 bridgehead atoms. The minimum Gasteiger partial charge on any atom is -0.481 e. The third-order valence-electron chi connectivity index (χ3n) is 3.17. The van der Waals surface area contributed by atoms with Gasteiger partial charge in [0.1, 0.15) is 0 Å². The van der Waals surface area contributed by atoms with Crippen molar-refractivity contribution >= 4 is 11.9 Å². The first-order valence-electron chi connectivity index (χ1n) is 5.76. The molecule has 92 valence electrons. The number of carbonyl (C=O) groups is 2. The number of carbonyl (C=O) groups excluding carboxylic acids is 1. The van der Waals surface area contributed by atoms with E-state index in [0.29, 0.717) is 6.04 Å². The van der Waals surface area contributed by atoms with Crippen LogP contribution in [0.15, 0.2) is 0 Å². The van der Waals surface area contributed by atoms with Crippen LogP contribution in [-0.4, -0.2) is 40.5 Å². The lowest BCUT2D eigenvalue weighted by Gasteiger charge is -2.32. The van der Waals surface area contributed by atoms with Crippen LogP contribution in [0.25, 0.3) is 0 Å². The van der Waals surface area contributed by atoms with E-state index in [9.17, 15) is 9.59 Å². The molecule has 1 fully saturated rings. The van der Waals surface area contributed by atoms with Crippen molar-refractivity contribution in [3.63, 3.8) is 0 Å². The van der Waals surface area contributed by atoms with E-state index in [1.54, 1.807) is 0 Å². The number of primary amides is 1. The summed E-state index contributed by atoms with van der Waals surface area (Å²) in [7, 11) is 0. The maximum absolute atomic E-state index is 11.0. The SMILES string of the molecule is CC(CC(=O)O)N(CC(N)=O)C1CCCC1. The Morgan fingerprint density at radius 2 is 2.00 bits per heavy atom. The minimum atomic E-state index is -0.833. The Labute approximate surface area is 95.6 Å². The van der Waals surface area contributed by atoms with Crippen molar-refractivity contribution in [3.05, 3.63) is 0 Å². The van der Waals surface area contributed by atoms with Gasteiger partial charge in [0, 0.05) is 12.1 Å². The van der Waals surface area contributed by atoms with Crippen LogP contribution in [0, 0.1) is 0 Å². The fourth-order valence-electron chi connectivity index (χ4n) is 2.43. The predicted molar refractivity (Wildman–Crippen MR) is 59.9 cm³/mol. The molecule has 1 saturated carbocycles. The molecule has 16 heavy (non-hydrogen) atoms. The zero-order chi connectivity index (χ0) is 12.1. The highest BCUT2D eigenvalue weighted by molar-refractivity contribution is 5.76. The normalized spacial score (nSPS) is 18.9. The molecule has 1 rings (SSSR count). The Kier molecular flexibility index (Phi) is 4.73. The van der Waals surface area contributed by atoms with Crippen molar-refractivity contribution in [3.8, 4) is 0 Å². The van der Waals surface area contributed by atoms with E-state index in [1.165, 1.54) is 0 Å². The molecule has 1 aliphatic carbocycles. The van der Waals surface area contributed by atoms with E-state index >= 15 is 0 Å². The second-order valence-corrected chi connectivity index (χ2v) is 4.52. The fourth-order valence-corrected chi connectivity index (χ4v) is 2.43. The van der Waals surface area contributed by atoms with Crippen LogP contribution in [-0.2, 0) is 9.59 Å². The molecule has 0 saturated heterocycles. The Morgan fingerprint density at radius 3 is 2.44 bits per heavy atom. The first kappa shape index (κ1) is 13.0. The summed E-state index contributed by atoms with van der Waals surface area (Å²) in [6.07, 6.45) is 4.44. The largest absolute Gasteiger partial charge is 0.481 e. The van der Waals surface area contributed by atoms with Crippen LogP contribution in [0.3, 0.4) is 0 Å². The number of nitrogens with two attached hydrogens (primary N) is 1. The highest BCUT2D eigenvalue weighted by Crippen LogP contribution is 2.25. The second-order valence-electron chi connectivity index (χ2n) is 4.52. The summed E-state index contributed by atoms with van der Waals surface area (Å²) in [5.41, 5.74) is 5.20. The maximum Gasteiger partial charge on any atom is 0.304 e. The quantitative estimate of drug-likeness (QED) is 0.696. The summed E-state index contributed by atoms with van der Waals surface area (Å²) in [5.74, 6) is -1.22. The number of hydrogen-bond acceptors (Lipinski definition) is 3. The summed E-state index contributed by atoms with van der Waals surface area (Å²) in [6.45, 7) is 2.01. The molecule has 5 nitrogen and oxygen atoms in total. The topological polar surface area (TPSA) is 83.6 Å². The van der Waals surface area contributed by atoms with Crippen LogP contribution in [0.5, 0.6) is 0 Å². The van der Waals surface area contributed by atoms with E-state index < -0.39 is 5.97 Å². The molecule has 1 aliphatic rings. The molecule has 1 atom stereocenters. The van der Waals surface area contributed by atoms with Crippen LogP contribution in [0.4, 0.5) is 0 Å². The molecule has 0 aromatic heterocycles. The molecule has 0 aromatic rings. The lowest BCUT2D eigenvalue weighted by molar-refractivity contribution is -0.139. The molecular formula is C11H20N2O3. The van der Waals surface area contributed by atoms with Gasteiger partial charge in [0.15, 0.2) is 0 Å². The summed E-state index contributed by atoms with van der Waals surface area (Å²) in [6, 6.07) is 0.190. The van der Waals surface area contributed by atoms with Crippen LogP contribution in [0.1, 0.15) is 39.0 Å². The lowest BCUT2D eigenvalue weighted by Crippen LogP contribution is -2.46. The van der Waals surface area contributed by atoms with Crippen LogP contribution >= 0.6 is 0 Å². The van der Waals surface area contributed by atoms with Crippen molar-refractivity contribution in [2.24, 2.45) is 5.73 Å². The molecule has 0 spiro atoms. The van der Waals surface area contributed by atoms with Gasteiger partial charge < -0.3 is 10.8 Å². The summed E-state index contributed by atoms with van der Waals surface area (Å²) in [5, 5.41) is 8.77. The fraction of sp³-hybridized carbons (Fsp3) is 0.818. The van der Waals surface area contributed by atoms with Crippen molar-refractivity contribution < 1.29 is 14.7 Å². The van der Waals surface area contributed by atoms with E-state index in [2.05, 4.69) is 0 Å². The Hall–Kier alpha value is -1.10. The number of amides is 1. The molecule has 0 radical (unpaired) electrons. The Balaban J connectivity index is 2.61. The molecule has 0 aromatic carbocycles. The zero-order valence-electron chi connectivity index (χ0n) is 9.69. The molecular weight excluding hydrogens is 208 g/mol. The first-order chi connectivity index (χ1) is 7.50. The number of carboxylic acids is 1. The van der Waals surface area contributed by atoms with Crippen molar-refractivity contribution in [2.45, 2.75) is 51.1 Å². The zero-order valence-corrected chi connectivity index (χ0v) is 9.69. The summed E-state index contributed by atoms with van der Waals surface area (Å²) < 4.78 is 0. The molecule has 0 aliphatic heterocycles. The molecule has 0 heterocycles. The van der Waals surface area contributed by atoms with Crippen molar-refractivity contribution in [1.82, 2.24) is 4.90 Å². The monoisotopic (exact) mass is 228 g/mol. The average molecular weight is 228 g/mol. The van der Waals surface area contributed by atoms with E-state index in [0.717, 1.165) is 25.7 Å². The van der Waals surface area contributed by atoms with Gasteiger partial charge in [0.2, 0.25) is 5.91 Å². The van der Waals surface area contributed by atoms with E-state index in [4.69, 9.17) is 10.8 Å². The smallest absolute Gasteiger partial charge is 0.304 e. The number of hydrogen-bond donors (Lipinski definition) is 2. The van der Waals surface area contributed by atoms with Gasteiger partial charge in [-0.3, -0.25) is 14.5 Å². The van der Waals surface area contributed by atoms with Gasteiger partial charge in [0.05, 0.1) is 13.0 Å². The average Bonchev–Trinajstić information content (AvgIpc) is 2.64. The third kappa shape index (κ3) is 3.81. The summed E-state index contributed by atoms with van der Waals surface area (Å²) >= 11 is 0. The lowest BCUT2D eigenvalue weighted by atomic mass is 10.1. The first-order valence-corrected chi connectivity index (χ1v) is 5.76. The van der Waals surface area contributed by atoms with Gasteiger partial charge in [0.25, 0.3) is 0 Å². The number of aliphatic carboxylic acids is 1. The second kappa shape index (κ2) is 5.84. The number of nitrogens with zero attached hydrogens (tertiary/aromatic N) is 1. The summed E-state index contributed by atoms with van der Waals surface area (Å²) in [4.78, 5) is 23.6. The number of carboxylic acid groups (broad SMARTS) is 1. The third-order valence-corrected chi connectivity index (χ3v) is 3.17. The highest BCUT2D eigenvalue weighted by Gasteiger charge is 2.28. The minimum absolute atomic E-state index is 0.0593. The molecule has 1 amide bonds. The molecule has 3 N–H and O–H groups in total. The van der Waals surface area contributed by atoms with Gasteiger partial charge in [-0.05, 0) is 19.8 Å². The predicted octanol–water partition coefficient (Wildman–Crippen LogP) is 0.579. The van der Waals surface area contributed by atoms with Crippen molar-refractivity contribution in [2.75, 3.05) is 6.54 Å². The number of rotatable bonds is 6. The Bertz CT molecular complexity index is 262. The van der Waals surface area contributed by atoms with Gasteiger partial charge in [-0.2, -0.15) is 0 Å². The van der Waals surface area contributed by atoms with Crippen LogP contribution < -0.4 is 5.73 Å². The van der Waals surface area contributed by atoms with Gasteiger partial charge >= 0.3 is 5.97 Å². The molecule has 1 unspecified atom stereocenters. The van der Waals surface area contributed by atoms with Crippen LogP contribution in [0.2, 0.25) is 0 Å². The van der Waals surface area contributed by atoms with Crippen molar-refractivity contribution in [1.29, 1.82) is 0 Å². The van der Waals surface area contributed by atoms with E-state index in [-0.39, 0.29) is 24.9 Å². The van der Waals surface area contributed by atoms with Gasteiger partial charge in [-0.1, -0.05) is 12.8 Å². The van der Waals surface area contributed by atoms with E-state index in [1.807, 2.05) is 11.8 Å². The molecule has 5 heteroatoms.